The number of aryl methyl sites for hydroxylation is 1. The van der Waals surface area contributed by atoms with E-state index < -0.39 is 10.0 Å². The summed E-state index contributed by atoms with van der Waals surface area (Å²) in [5.41, 5.74) is 7.44. The number of benzene rings is 1. The highest BCUT2D eigenvalue weighted by Crippen LogP contribution is 2.29. The van der Waals surface area contributed by atoms with Gasteiger partial charge in [-0.05, 0) is 50.8 Å². The normalized spacial score (nSPS) is 18.7. The highest BCUT2D eigenvalue weighted by molar-refractivity contribution is 7.89. The van der Waals surface area contributed by atoms with E-state index in [1.165, 1.54) is 11.3 Å². The Balaban J connectivity index is 0.00000225. The molecular formula is C17H24ClN3O2S2. The van der Waals surface area contributed by atoms with Crippen LogP contribution in [-0.2, 0) is 10.0 Å². The summed E-state index contributed by atoms with van der Waals surface area (Å²) in [6.45, 7) is 3.70. The van der Waals surface area contributed by atoms with Gasteiger partial charge >= 0.3 is 0 Å². The number of hydrogen-bond acceptors (Lipinski definition) is 5. The zero-order valence-electron chi connectivity index (χ0n) is 14.2. The Morgan fingerprint density at radius 2 is 2.20 bits per heavy atom. The number of thiazole rings is 1. The molecule has 2 N–H and O–H groups in total. The second kappa shape index (κ2) is 8.60. The van der Waals surface area contributed by atoms with Gasteiger partial charge in [-0.15, -0.1) is 23.7 Å². The minimum atomic E-state index is -3.47. The summed E-state index contributed by atoms with van der Waals surface area (Å²) in [4.78, 5) is 4.80. The van der Waals surface area contributed by atoms with Gasteiger partial charge in [0.1, 0.15) is 5.01 Å². The van der Waals surface area contributed by atoms with Crippen molar-refractivity contribution in [1.29, 1.82) is 0 Å². The first-order chi connectivity index (χ1) is 11.5. The van der Waals surface area contributed by atoms with Crippen molar-refractivity contribution in [3.8, 4) is 10.6 Å². The average Bonchev–Trinajstić information content (AvgIpc) is 3.02. The van der Waals surface area contributed by atoms with E-state index in [0.717, 1.165) is 35.5 Å². The molecule has 25 heavy (non-hydrogen) atoms. The fraction of sp³-hybridized carbons (Fsp3) is 0.471. The lowest BCUT2D eigenvalue weighted by Crippen LogP contribution is -2.40. The first kappa shape index (κ1) is 20.3. The van der Waals surface area contributed by atoms with Crippen molar-refractivity contribution in [3.63, 3.8) is 0 Å². The van der Waals surface area contributed by atoms with E-state index in [-0.39, 0.29) is 12.4 Å². The van der Waals surface area contributed by atoms with Crippen LogP contribution in [0, 0.1) is 12.8 Å². The fourth-order valence-electron chi connectivity index (χ4n) is 3.14. The summed E-state index contributed by atoms with van der Waals surface area (Å²) >= 11 is 1.53. The lowest BCUT2D eigenvalue weighted by molar-refractivity contribution is 0.258. The largest absolute Gasteiger partial charge is 0.330 e. The van der Waals surface area contributed by atoms with Crippen molar-refractivity contribution in [2.45, 2.75) is 31.1 Å². The van der Waals surface area contributed by atoms with Gasteiger partial charge in [0.2, 0.25) is 10.0 Å². The SMILES string of the molecule is Cc1csc(-c2cccc(S(=O)(=O)N3CCCC(CCN)C3)c2)n1.Cl. The van der Waals surface area contributed by atoms with Crippen molar-refractivity contribution < 1.29 is 8.42 Å². The molecule has 0 spiro atoms. The Bertz CT molecular complexity index is 806. The molecule has 0 amide bonds. The molecule has 1 fully saturated rings. The molecule has 0 aliphatic carbocycles. The molecule has 1 unspecified atom stereocenters. The van der Waals surface area contributed by atoms with Gasteiger partial charge in [-0.25, -0.2) is 13.4 Å². The van der Waals surface area contributed by atoms with Gasteiger partial charge < -0.3 is 5.73 Å². The summed E-state index contributed by atoms with van der Waals surface area (Å²) in [6.07, 6.45) is 2.83. The van der Waals surface area contributed by atoms with Crippen LogP contribution in [0.2, 0.25) is 0 Å². The maximum absolute atomic E-state index is 13.0. The number of hydrogen-bond donors (Lipinski definition) is 1. The van der Waals surface area contributed by atoms with Crippen molar-refractivity contribution in [2.75, 3.05) is 19.6 Å². The summed E-state index contributed by atoms with van der Waals surface area (Å²) in [5, 5.41) is 2.82. The van der Waals surface area contributed by atoms with E-state index >= 15 is 0 Å². The van der Waals surface area contributed by atoms with Gasteiger partial charge in [-0.2, -0.15) is 4.31 Å². The molecule has 1 atom stereocenters. The first-order valence-electron chi connectivity index (χ1n) is 8.23. The highest BCUT2D eigenvalue weighted by atomic mass is 35.5. The third kappa shape index (κ3) is 4.60. The zero-order valence-corrected chi connectivity index (χ0v) is 16.7. The molecule has 2 heterocycles. The molecular weight excluding hydrogens is 378 g/mol. The van der Waals surface area contributed by atoms with Crippen LogP contribution in [-0.4, -0.2) is 37.3 Å². The predicted octanol–water partition coefficient (Wildman–Crippen LogP) is 3.29. The summed E-state index contributed by atoms with van der Waals surface area (Å²) in [5.74, 6) is 0.364. The van der Waals surface area contributed by atoms with Crippen LogP contribution < -0.4 is 5.73 Å². The zero-order chi connectivity index (χ0) is 17.2. The van der Waals surface area contributed by atoms with E-state index in [4.69, 9.17) is 5.73 Å². The van der Waals surface area contributed by atoms with Crippen LogP contribution >= 0.6 is 23.7 Å². The van der Waals surface area contributed by atoms with Crippen LogP contribution in [0.1, 0.15) is 25.0 Å². The number of nitrogens with two attached hydrogens (primary N) is 1. The third-order valence-electron chi connectivity index (χ3n) is 4.39. The third-order valence-corrected chi connectivity index (χ3v) is 7.26. The lowest BCUT2D eigenvalue weighted by Gasteiger charge is -2.31. The van der Waals surface area contributed by atoms with Crippen molar-refractivity contribution in [2.24, 2.45) is 11.7 Å². The monoisotopic (exact) mass is 401 g/mol. The fourth-order valence-corrected chi connectivity index (χ4v) is 5.54. The number of aromatic nitrogens is 1. The number of halogens is 1. The number of nitrogens with zero attached hydrogens (tertiary/aromatic N) is 2. The van der Waals surface area contributed by atoms with Crippen LogP contribution in [0.25, 0.3) is 10.6 Å². The molecule has 1 saturated heterocycles. The van der Waals surface area contributed by atoms with Gasteiger partial charge in [-0.1, -0.05) is 12.1 Å². The summed E-state index contributed by atoms with van der Waals surface area (Å²) in [7, 11) is -3.47. The minimum Gasteiger partial charge on any atom is -0.330 e. The number of piperidine rings is 1. The number of sulfonamides is 1. The van der Waals surface area contributed by atoms with E-state index in [2.05, 4.69) is 4.98 Å². The second-order valence-corrected chi connectivity index (χ2v) is 9.07. The quantitative estimate of drug-likeness (QED) is 0.833. The van der Waals surface area contributed by atoms with Crippen LogP contribution in [0.4, 0.5) is 0 Å². The maximum Gasteiger partial charge on any atom is 0.243 e. The van der Waals surface area contributed by atoms with Crippen LogP contribution in [0.15, 0.2) is 34.5 Å². The molecule has 3 rings (SSSR count). The predicted molar refractivity (Wildman–Crippen MR) is 105 cm³/mol. The van der Waals surface area contributed by atoms with Gasteiger partial charge in [0, 0.05) is 29.7 Å². The van der Waals surface area contributed by atoms with Gasteiger partial charge in [0.25, 0.3) is 0 Å². The van der Waals surface area contributed by atoms with E-state index in [1.54, 1.807) is 22.5 Å². The van der Waals surface area contributed by atoms with Crippen molar-refractivity contribution in [1.82, 2.24) is 9.29 Å². The summed E-state index contributed by atoms with van der Waals surface area (Å²) < 4.78 is 27.6. The molecule has 1 aliphatic rings. The lowest BCUT2D eigenvalue weighted by atomic mass is 9.96. The molecule has 1 aromatic carbocycles. The second-order valence-electron chi connectivity index (χ2n) is 6.27. The molecule has 5 nitrogen and oxygen atoms in total. The van der Waals surface area contributed by atoms with E-state index in [9.17, 15) is 8.42 Å². The van der Waals surface area contributed by atoms with Crippen LogP contribution in [0.5, 0.6) is 0 Å². The molecule has 1 aromatic heterocycles. The Hall–Kier alpha value is -0.990. The highest BCUT2D eigenvalue weighted by Gasteiger charge is 2.30. The van der Waals surface area contributed by atoms with E-state index in [0.29, 0.717) is 30.4 Å². The van der Waals surface area contributed by atoms with Gasteiger partial charge in [0.05, 0.1) is 4.90 Å². The molecule has 1 aliphatic heterocycles. The average molecular weight is 402 g/mol. The molecule has 8 heteroatoms. The Labute approximate surface area is 159 Å². The summed E-state index contributed by atoms with van der Waals surface area (Å²) in [6, 6.07) is 7.11. The molecule has 0 bridgehead atoms. The topological polar surface area (TPSA) is 76.3 Å². The molecule has 0 saturated carbocycles. The number of rotatable bonds is 5. The maximum atomic E-state index is 13.0. The molecule has 138 valence electrons. The first-order valence-corrected chi connectivity index (χ1v) is 10.6. The smallest absolute Gasteiger partial charge is 0.243 e. The Morgan fingerprint density at radius 3 is 2.88 bits per heavy atom. The molecule has 2 aromatic rings. The van der Waals surface area contributed by atoms with Crippen LogP contribution in [0.3, 0.4) is 0 Å². The molecule has 0 radical (unpaired) electrons. The Kier molecular flexibility index (Phi) is 6.99. The van der Waals surface area contributed by atoms with E-state index in [1.807, 2.05) is 18.4 Å². The van der Waals surface area contributed by atoms with Gasteiger partial charge in [-0.3, -0.25) is 0 Å². The minimum absolute atomic E-state index is 0. The standard InChI is InChI=1S/C17H23N3O2S2.ClH/c1-13-12-23-17(19-13)15-5-2-6-16(10-15)24(21,22)20-9-3-4-14(11-20)7-8-18;/h2,5-6,10,12,14H,3-4,7-9,11,18H2,1H3;1H. The Morgan fingerprint density at radius 1 is 1.40 bits per heavy atom. The van der Waals surface area contributed by atoms with Crippen molar-refractivity contribution >= 4 is 33.8 Å². The van der Waals surface area contributed by atoms with Crippen molar-refractivity contribution in [3.05, 3.63) is 35.3 Å². The van der Waals surface area contributed by atoms with Gasteiger partial charge in [0.15, 0.2) is 0 Å².